The minimum atomic E-state index is -0.325. The number of hydrogen-bond donors (Lipinski definition) is 3. The van der Waals surface area contributed by atoms with Gasteiger partial charge in [0, 0.05) is 38.8 Å². The van der Waals surface area contributed by atoms with Gasteiger partial charge in [0.25, 0.3) is 0 Å². The first-order chi connectivity index (χ1) is 7.45. The molecule has 0 saturated carbocycles. The minimum absolute atomic E-state index is 0.0463. The molecule has 1 rings (SSSR count). The average Bonchev–Trinajstić information content (AvgIpc) is 2.22. The predicted octanol–water partition coefficient (Wildman–Crippen LogP) is -1.09. The molecule has 5 nitrogen and oxygen atoms in total. The number of likely N-dealkylation sites (N-methyl/N-ethyl adjacent to an activating group) is 2. The van der Waals surface area contributed by atoms with Gasteiger partial charge in [0.15, 0.2) is 0 Å². The van der Waals surface area contributed by atoms with Crippen LogP contribution in [0.15, 0.2) is 0 Å². The van der Waals surface area contributed by atoms with Gasteiger partial charge >= 0.3 is 0 Å². The molecule has 0 aliphatic carbocycles. The van der Waals surface area contributed by atoms with Crippen molar-refractivity contribution in [2.45, 2.75) is 25.5 Å². The fraction of sp³-hybridized carbons (Fsp3) is 1.00. The topological polar surface area (TPSA) is 78.7 Å². The molecule has 0 radical (unpaired) electrons. The number of aliphatic hydroxyl groups excluding tert-OH is 1. The van der Waals surface area contributed by atoms with E-state index in [0.29, 0.717) is 13.0 Å². The van der Waals surface area contributed by atoms with Gasteiger partial charge in [-0.3, -0.25) is 0 Å². The maximum Gasteiger partial charge on any atom is 0.0527 e. The van der Waals surface area contributed by atoms with Gasteiger partial charge in [0.2, 0.25) is 0 Å². The Morgan fingerprint density at radius 3 is 1.69 bits per heavy atom. The van der Waals surface area contributed by atoms with Crippen LogP contribution in [0.4, 0.5) is 0 Å². The highest BCUT2D eigenvalue weighted by atomic mass is 16.3. The Bertz CT molecular complexity index is 148. The largest absolute Gasteiger partial charge is 0.393 e. The smallest absolute Gasteiger partial charge is 0.0527 e. The molecule has 1 fully saturated rings. The first-order valence-corrected chi connectivity index (χ1v) is 5.96. The summed E-state index contributed by atoms with van der Waals surface area (Å²) in [6, 6.07) is -0.0463. The van der Waals surface area contributed by atoms with Crippen LogP contribution in [-0.4, -0.2) is 73.9 Å². The number of piperazine rings is 1. The summed E-state index contributed by atoms with van der Waals surface area (Å²) in [6.07, 6.45) is 0.268. The van der Waals surface area contributed by atoms with E-state index in [1.54, 1.807) is 6.92 Å². The van der Waals surface area contributed by atoms with Gasteiger partial charge in [-0.05, 0) is 27.4 Å². The van der Waals surface area contributed by atoms with Crippen LogP contribution in [0.1, 0.15) is 13.3 Å². The summed E-state index contributed by atoms with van der Waals surface area (Å²) < 4.78 is 0. The Morgan fingerprint density at radius 2 is 1.50 bits per heavy atom. The molecular weight excluding hydrogens is 204 g/mol. The Labute approximate surface area is 99.4 Å². The van der Waals surface area contributed by atoms with E-state index in [1.165, 1.54) is 26.2 Å². The number of rotatable bonds is 3. The molecule has 0 bridgehead atoms. The standard InChI is InChI=1S/C6H14N2.C5H14N2O/c1-7-3-5-8(2)6-4-7;1-4(8)2-5(7)3-6/h3-6H2,1-2H3;4-5,8H,2-3,6-7H2,1H3. The van der Waals surface area contributed by atoms with Gasteiger partial charge in [-0.1, -0.05) is 0 Å². The summed E-state index contributed by atoms with van der Waals surface area (Å²) in [6.45, 7) is 7.08. The highest BCUT2D eigenvalue weighted by Gasteiger charge is 2.07. The molecule has 0 aromatic heterocycles. The number of nitrogens with zero attached hydrogens (tertiary/aromatic N) is 2. The van der Waals surface area contributed by atoms with E-state index >= 15 is 0 Å². The molecule has 16 heavy (non-hydrogen) atoms. The molecular formula is C11H28N4O. The van der Waals surface area contributed by atoms with Crippen LogP contribution < -0.4 is 11.5 Å². The van der Waals surface area contributed by atoms with E-state index in [0.717, 1.165) is 0 Å². The lowest BCUT2D eigenvalue weighted by molar-refractivity contribution is 0.175. The molecule has 5 N–H and O–H groups in total. The second-order valence-electron chi connectivity index (χ2n) is 4.69. The summed E-state index contributed by atoms with van der Waals surface area (Å²) >= 11 is 0. The van der Waals surface area contributed by atoms with E-state index in [1.807, 2.05) is 0 Å². The number of hydrogen-bond acceptors (Lipinski definition) is 5. The highest BCUT2D eigenvalue weighted by Crippen LogP contribution is 1.93. The zero-order chi connectivity index (χ0) is 12.6. The van der Waals surface area contributed by atoms with Crippen LogP contribution in [0.25, 0.3) is 0 Å². The third-order valence-corrected chi connectivity index (χ3v) is 2.67. The van der Waals surface area contributed by atoms with Gasteiger partial charge in [0.05, 0.1) is 6.10 Å². The first-order valence-electron chi connectivity index (χ1n) is 5.96. The SMILES string of the molecule is CC(O)CC(N)CN.CN1CCN(C)CC1. The van der Waals surface area contributed by atoms with Crippen molar-refractivity contribution < 1.29 is 5.11 Å². The molecule has 1 heterocycles. The van der Waals surface area contributed by atoms with Crippen molar-refractivity contribution in [1.29, 1.82) is 0 Å². The molecule has 1 aliphatic rings. The van der Waals surface area contributed by atoms with Gasteiger partial charge in [-0.25, -0.2) is 0 Å². The summed E-state index contributed by atoms with van der Waals surface area (Å²) in [5, 5.41) is 8.72. The molecule has 98 valence electrons. The molecule has 1 aliphatic heterocycles. The lowest BCUT2D eigenvalue weighted by atomic mass is 10.1. The summed E-state index contributed by atoms with van der Waals surface area (Å²) in [4.78, 5) is 4.72. The Morgan fingerprint density at radius 1 is 1.12 bits per heavy atom. The third-order valence-electron chi connectivity index (χ3n) is 2.67. The van der Waals surface area contributed by atoms with E-state index < -0.39 is 0 Å². The van der Waals surface area contributed by atoms with Crippen molar-refractivity contribution in [3.63, 3.8) is 0 Å². The van der Waals surface area contributed by atoms with E-state index in [2.05, 4.69) is 23.9 Å². The minimum Gasteiger partial charge on any atom is -0.393 e. The molecule has 2 atom stereocenters. The van der Waals surface area contributed by atoms with Crippen molar-refractivity contribution in [2.75, 3.05) is 46.8 Å². The van der Waals surface area contributed by atoms with Gasteiger partial charge in [0.1, 0.15) is 0 Å². The fourth-order valence-corrected chi connectivity index (χ4v) is 1.44. The van der Waals surface area contributed by atoms with E-state index in [-0.39, 0.29) is 12.1 Å². The molecule has 0 spiro atoms. The second kappa shape index (κ2) is 8.90. The van der Waals surface area contributed by atoms with E-state index in [4.69, 9.17) is 16.6 Å². The van der Waals surface area contributed by atoms with Crippen molar-refractivity contribution in [3.8, 4) is 0 Å². The third kappa shape index (κ3) is 9.06. The Kier molecular flexibility index (Phi) is 8.78. The van der Waals surface area contributed by atoms with Crippen LogP contribution in [0, 0.1) is 0 Å². The van der Waals surface area contributed by atoms with Crippen LogP contribution in [0.5, 0.6) is 0 Å². The lowest BCUT2D eigenvalue weighted by Gasteiger charge is -2.28. The summed E-state index contributed by atoms with van der Waals surface area (Å²) in [5.74, 6) is 0. The molecule has 0 aromatic carbocycles. The van der Waals surface area contributed by atoms with Gasteiger partial charge < -0.3 is 26.4 Å². The summed E-state index contributed by atoms with van der Waals surface area (Å²) in [7, 11) is 4.35. The molecule has 2 unspecified atom stereocenters. The number of nitrogens with two attached hydrogens (primary N) is 2. The monoisotopic (exact) mass is 232 g/mol. The van der Waals surface area contributed by atoms with Crippen molar-refractivity contribution in [3.05, 3.63) is 0 Å². The highest BCUT2D eigenvalue weighted by molar-refractivity contribution is 4.64. The van der Waals surface area contributed by atoms with Crippen molar-refractivity contribution >= 4 is 0 Å². The molecule has 5 heteroatoms. The van der Waals surface area contributed by atoms with Crippen LogP contribution >= 0.6 is 0 Å². The van der Waals surface area contributed by atoms with Crippen LogP contribution in [0.3, 0.4) is 0 Å². The van der Waals surface area contributed by atoms with Crippen LogP contribution in [0.2, 0.25) is 0 Å². The normalized spacial score (nSPS) is 22.1. The zero-order valence-electron chi connectivity index (χ0n) is 10.9. The quantitative estimate of drug-likeness (QED) is 0.576. The maximum atomic E-state index is 8.72. The van der Waals surface area contributed by atoms with Crippen LogP contribution in [-0.2, 0) is 0 Å². The summed E-state index contributed by atoms with van der Waals surface area (Å²) in [5.41, 5.74) is 10.6. The van der Waals surface area contributed by atoms with Gasteiger partial charge in [-0.15, -0.1) is 0 Å². The zero-order valence-corrected chi connectivity index (χ0v) is 10.9. The second-order valence-corrected chi connectivity index (χ2v) is 4.69. The Hall–Kier alpha value is -0.200. The number of aliphatic hydroxyl groups is 1. The molecule has 1 saturated heterocycles. The van der Waals surface area contributed by atoms with Gasteiger partial charge in [-0.2, -0.15) is 0 Å². The maximum absolute atomic E-state index is 8.72. The van der Waals surface area contributed by atoms with E-state index in [9.17, 15) is 0 Å². The Balaban J connectivity index is 0.000000281. The van der Waals surface area contributed by atoms with Crippen molar-refractivity contribution in [1.82, 2.24) is 9.80 Å². The lowest BCUT2D eigenvalue weighted by Crippen LogP contribution is -2.42. The average molecular weight is 232 g/mol. The predicted molar refractivity (Wildman–Crippen MR) is 68.3 cm³/mol. The first kappa shape index (κ1) is 15.8. The molecule has 0 amide bonds. The van der Waals surface area contributed by atoms with Crippen molar-refractivity contribution in [2.24, 2.45) is 11.5 Å². The molecule has 0 aromatic rings. The fourth-order valence-electron chi connectivity index (χ4n) is 1.44.